The normalized spacial score (nSPS) is 16.9. The molecule has 0 heterocycles. The minimum absolute atomic E-state index is 0.0872. The second-order valence-electron chi connectivity index (χ2n) is 9.44. The molecular weight excluding hydrogens is 426 g/mol. The summed E-state index contributed by atoms with van der Waals surface area (Å²) in [5, 5.41) is 0. The number of hydrogen-bond acceptors (Lipinski definition) is 5. The van der Waals surface area contributed by atoms with Crippen LogP contribution in [-0.2, 0) is 25.5 Å². The summed E-state index contributed by atoms with van der Waals surface area (Å²) in [6.07, 6.45) is 15.2. The Balaban J connectivity index is 1.79. The van der Waals surface area contributed by atoms with Gasteiger partial charge in [0.05, 0.1) is 6.42 Å². The maximum absolute atomic E-state index is 11.9. The molecule has 0 aliphatic heterocycles. The number of ether oxygens (including phenoxy) is 2. The van der Waals surface area contributed by atoms with Crippen molar-refractivity contribution in [3.8, 4) is 0 Å². The predicted molar refractivity (Wildman–Crippen MR) is 138 cm³/mol. The van der Waals surface area contributed by atoms with E-state index in [9.17, 15) is 9.59 Å². The quantitative estimate of drug-likeness (QED) is 0.151. The average Bonchev–Trinajstić information content (AvgIpc) is 2.74. The van der Waals surface area contributed by atoms with Gasteiger partial charge in [0.1, 0.15) is 0 Å². The molecule has 0 bridgehead atoms. The van der Waals surface area contributed by atoms with Gasteiger partial charge in [0, 0.05) is 11.8 Å². The summed E-state index contributed by atoms with van der Waals surface area (Å²) < 4.78 is 9.92. The van der Waals surface area contributed by atoms with Crippen LogP contribution in [0.15, 0.2) is 83.0 Å². The molecule has 0 radical (unpaired) electrons. The van der Waals surface area contributed by atoms with E-state index in [1.54, 1.807) is 24.3 Å². The predicted octanol–water partition coefficient (Wildman–Crippen LogP) is 6.39. The number of carbonyl (C=O) groups excluding carboxylic acids is 2. The Bertz CT molecular complexity index is 1020. The van der Waals surface area contributed by atoms with Crippen molar-refractivity contribution >= 4 is 17.6 Å². The van der Waals surface area contributed by atoms with E-state index in [2.05, 4.69) is 39.8 Å². The van der Waals surface area contributed by atoms with Crippen molar-refractivity contribution in [1.82, 2.24) is 0 Å². The first-order chi connectivity index (χ1) is 16.1. The van der Waals surface area contributed by atoms with Crippen LogP contribution in [0.25, 0.3) is 0 Å². The number of allylic oxidation sites excluding steroid dienone is 9. The van der Waals surface area contributed by atoms with Gasteiger partial charge in [-0.25, -0.2) is 4.79 Å². The summed E-state index contributed by atoms with van der Waals surface area (Å²) in [6, 6.07) is 6.93. The van der Waals surface area contributed by atoms with Gasteiger partial charge in [-0.1, -0.05) is 67.5 Å². The highest BCUT2D eigenvalue weighted by Crippen LogP contribution is 2.40. The van der Waals surface area contributed by atoms with Crippen molar-refractivity contribution < 1.29 is 19.1 Å². The van der Waals surface area contributed by atoms with Crippen molar-refractivity contribution in [3.05, 3.63) is 88.6 Å². The molecule has 0 atom stereocenters. The molecule has 1 aliphatic carbocycles. The van der Waals surface area contributed by atoms with Gasteiger partial charge in [-0.2, -0.15) is 0 Å². The van der Waals surface area contributed by atoms with Crippen molar-refractivity contribution in [3.63, 3.8) is 0 Å². The first-order valence-electron chi connectivity index (χ1n) is 11.7. The third-order valence-electron chi connectivity index (χ3n) is 5.87. The van der Waals surface area contributed by atoms with E-state index in [-0.39, 0.29) is 11.8 Å². The van der Waals surface area contributed by atoms with E-state index in [0.717, 1.165) is 16.7 Å². The smallest absolute Gasteiger partial charge is 0.333 e. The Morgan fingerprint density at radius 1 is 1.06 bits per heavy atom. The molecular formula is C29H37NO4. The van der Waals surface area contributed by atoms with E-state index in [1.807, 2.05) is 25.2 Å². The molecule has 0 fully saturated rings. The maximum atomic E-state index is 11.9. The Morgan fingerprint density at radius 3 is 2.44 bits per heavy atom. The van der Waals surface area contributed by atoms with Crippen LogP contribution in [0.1, 0.15) is 59.4 Å². The second kappa shape index (κ2) is 12.8. The molecule has 5 heteroatoms. The number of hydrogen-bond donors (Lipinski definition) is 1. The molecule has 2 N–H and O–H groups in total. The standard InChI is InChI=1S/C29H37NO4/c1-21(11-16-26-23(3)10-7-17-29(26,4)5)8-6-9-22(2)18-27(31)33-20-34-28(32)19-24-12-14-25(30)15-13-24/h6,8-9,11-16,18H,7,10,17,19-20,30H2,1-5H3/b9-6+,16-11+,21-8+,22-18+. The van der Waals surface area contributed by atoms with E-state index in [1.165, 1.54) is 36.5 Å². The number of benzene rings is 1. The Labute approximate surface area is 203 Å². The third-order valence-corrected chi connectivity index (χ3v) is 5.87. The summed E-state index contributed by atoms with van der Waals surface area (Å²) in [5.74, 6) is -1.04. The average molecular weight is 464 g/mol. The van der Waals surface area contributed by atoms with Gasteiger partial charge in [0.15, 0.2) is 0 Å². The highest BCUT2D eigenvalue weighted by Gasteiger charge is 2.26. The van der Waals surface area contributed by atoms with Gasteiger partial charge in [-0.05, 0) is 74.3 Å². The first-order valence-corrected chi connectivity index (χ1v) is 11.7. The monoisotopic (exact) mass is 463 g/mol. The lowest BCUT2D eigenvalue weighted by Crippen LogP contribution is -2.19. The summed E-state index contributed by atoms with van der Waals surface area (Å²) in [6.45, 7) is 10.3. The van der Waals surface area contributed by atoms with Crippen molar-refractivity contribution in [2.45, 2.75) is 60.3 Å². The van der Waals surface area contributed by atoms with Gasteiger partial charge in [-0.3, -0.25) is 4.79 Å². The Kier molecular flexibility index (Phi) is 10.1. The SMILES string of the molecule is CC1=C(/C=C/C(C)=C/C=C/C(C)=C/C(=O)OCOC(=O)Cc2ccc(N)cc2)C(C)(C)CCC1. The zero-order valence-electron chi connectivity index (χ0n) is 21.0. The van der Waals surface area contributed by atoms with Gasteiger partial charge in [-0.15, -0.1) is 0 Å². The summed E-state index contributed by atoms with van der Waals surface area (Å²) in [7, 11) is 0. The van der Waals surface area contributed by atoms with Crippen LogP contribution < -0.4 is 5.73 Å². The van der Waals surface area contributed by atoms with Gasteiger partial charge < -0.3 is 15.2 Å². The minimum atomic E-state index is -0.565. The second-order valence-corrected chi connectivity index (χ2v) is 9.44. The molecule has 0 unspecified atom stereocenters. The van der Waals surface area contributed by atoms with Gasteiger partial charge in [0.2, 0.25) is 6.79 Å². The van der Waals surface area contributed by atoms with Crippen LogP contribution in [0.4, 0.5) is 5.69 Å². The lowest BCUT2D eigenvalue weighted by atomic mass is 9.72. The summed E-state index contributed by atoms with van der Waals surface area (Å²) in [4.78, 5) is 23.8. The van der Waals surface area contributed by atoms with Crippen LogP contribution in [0.3, 0.4) is 0 Å². The molecule has 0 amide bonds. The van der Waals surface area contributed by atoms with Crippen molar-refractivity contribution in [2.75, 3.05) is 12.5 Å². The summed E-state index contributed by atoms with van der Waals surface area (Å²) >= 11 is 0. The molecule has 0 saturated heterocycles. The number of esters is 2. The van der Waals surface area contributed by atoms with Crippen LogP contribution in [0.5, 0.6) is 0 Å². The highest BCUT2D eigenvalue weighted by molar-refractivity contribution is 5.83. The van der Waals surface area contributed by atoms with E-state index < -0.39 is 18.7 Å². The lowest BCUT2D eigenvalue weighted by molar-refractivity contribution is -0.163. The molecule has 0 saturated carbocycles. The van der Waals surface area contributed by atoms with Crippen LogP contribution >= 0.6 is 0 Å². The molecule has 1 aromatic rings. The number of carbonyl (C=O) groups is 2. The minimum Gasteiger partial charge on any atom is -0.428 e. The Hall–Kier alpha value is -3.34. The fraction of sp³-hybridized carbons (Fsp3) is 0.379. The summed E-state index contributed by atoms with van der Waals surface area (Å²) in [5.41, 5.74) is 12.0. The van der Waals surface area contributed by atoms with E-state index >= 15 is 0 Å². The zero-order valence-corrected chi connectivity index (χ0v) is 21.0. The van der Waals surface area contributed by atoms with Gasteiger partial charge in [0.25, 0.3) is 0 Å². The van der Waals surface area contributed by atoms with Crippen LogP contribution in [0.2, 0.25) is 0 Å². The molecule has 0 spiro atoms. The van der Waals surface area contributed by atoms with Crippen molar-refractivity contribution in [1.29, 1.82) is 0 Å². The number of nitrogens with two attached hydrogens (primary N) is 1. The topological polar surface area (TPSA) is 78.6 Å². The van der Waals surface area contributed by atoms with E-state index in [4.69, 9.17) is 15.2 Å². The lowest BCUT2D eigenvalue weighted by Gasteiger charge is -2.32. The van der Waals surface area contributed by atoms with Crippen molar-refractivity contribution in [2.24, 2.45) is 5.41 Å². The zero-order chi connectivity index (χ0) is 25.1. The van der Waals surface area contributed by atoms with Crippen LogP contribution in [-0.4, -0.2) is 18.7 Å². The third kappa shape index (κ3) is 9.26. The molecule has 2 rings (SSSR count). The molecule has 34 heavy (non-hydrogen) atoms. The largest absolute Gasteiger partial charge is 0.428 e. The highest BCUT2D eigenvalue weighted by atomic mass is 16.7. The maximum Gasteiger partial charge on any atom is 0.333 e. The van der Waals surface area contributed by atoms with Gasteiger partial charge >= 0.3 is 11.9 Å². The number of rotatable bonds is 9. The Morgan fingerprint density at radius 2 is 1.76 bits per heavy atom. The number of anilines is 1. The molecule has 5 nitrogen and oxygen atoms in total. The molecule has 1 aliphatic rings. The molecule has 182 valence electrons. The first kappa shape index (κ1) is 26.9. The van der Waals surface area contributed by atoms with E-state index in [0.29, 0.717) is 5.69 Å². The molecule has 1 aromatic carbocycles. The fourth-order valence-corrected chi connectivity index (χ4v) is 3.91. The number of nitrogen functional groups attached to an aromatic ring is 1. The molecule has 0 aromatic heterocycles. The van der Waals surface area contributed by atoms with Crippen LogP contribution in [0, 0.1) is 5.41 Å². The fourth-order valence-electron chi connectivity index (χ4n) is 3.91.